The normalized spacial score (nSPS) is 11.5. The van der Waals surface area contributed by atoms with Crippen molar-refractivity contribution in [3.63, 3.8) is 0 Å². The van der Waals surface area contributed by atoms with Gasteiger partial charge in [0.1, 0.15) is 5.69 Å². The first-order valence-electron chi connectivity index (χ1n) is 9.24. The molecule has 2 heterocycles. The number of hydrogen-bond donors (Lipinski definition) is 1. The number of sulfone groups is 1. The van der Waals surface area contributed by atoms with Crippen LogP contribution in [0.25, 0.3) is 17.1 Å². The summed E-state index contributed by atoms with van der Waals surface area (Å²) in [7, 11) is -3.41. The number of halogens is 1. The second-order valence-corrected chi connectivity index (χ2v) is 9.44. The number of furan rings is 1. The molecule has 0 atom stereocenters. The minimum Gasteiger partial charge on any atom is -0.463 e. The van der Waals surface area contributed by atoms with Crippen molar-refractivity contribution in [3.05, 3.63) is 83.2 Å². The first-order chi connectivity index (χ1) is 14.7. The zero-order valence-electron chi connectivity index (χ0n) is 16.7. The third kappa shape index (κ3) is 4.40. The van der Waals surface area contributed by atoms with Crippen LogP contribution in [0.3, 0.4) is 0 Å². The lowest BCUT2D eigenvalue weighted by Crippen LogP contribution is -2.14. The summed E-state index contributed by atoms with van der Waals surface area (Å²) in [6.45, 7) is 1.78. The van der Waals surface area contributed by atoms with Gasteiger partial charge in [0, 0.05) is 23.0 Å². The molecule has 31 heavy (non-hydrogen) atoms. The van der Waals surface area contributed by atoms with Gasteiger partial charge in [-0.2, -0.15) is 5.10 Å². The summed E-state index contributed by atoms with van der Waals surface area (Å²) in [5.74, 6) is 0.0611. The van der Waals surface area contributed by atoms with E-state index in [2.05, 4.69) is 10.4 Å². The van der Waals surface area contributed by atoms with Crippen molar-refractivity contribution in [1.82, 2.24) is 9.78 Å². The molecule has 7 nitrogen and oxygen atoms in total. The molecule has 0 aliphatic rings. The molecule has 4 aromatic rings. The van der Waals surface area contributed by atoms with Gasteiger partial charge in [-0.05, 0) is 61.0 Å². The summed E-state index contributed by atoms with van der Waals surface area (Å²) in [5.41, 5.74) is 2.55. The molecule has 1 amide bonds. The molecule has 0 saturated carbocycles. The van der Waals surface area contributed by atoms with E-state index in [-0.39, 0.29) is 10.6 Å². The van der Waals surface area contributed by atoms with E-state index in [0.29, 0.717) is 27.9 Å². The zero-order chi connectivity index (χ0) is 22.2. The van der Waals surface area contributed by atoms with Crippen LogP contribution in [0.15, 0.2) is 76.2 Å². The molecule has 0 fully saturated rings. The van der Waals surface area contributed by atoms with Crippen molar-refractivity contribution < 1.29 is 17.6 Å². The molecule has 0 unspecified atom stereocenters. The molecule has 0 aliphatic carbocycles. The van der Waals surface area contributed by atoms with Crippen molar-refractivity contribution in [2.45, 2.75) is 11.8 Å². The van der Waals surface area contributed by atoms with E-state index < -0.39 is 15.7 Å². The summed E-state index contributed by atoms with van der Waals surface area (Å²) in [6.07, 6.45) is 2.65. The molecule has 0 bridgehead atoms. The summed E-state index contributed by atoms with van der Waals surface area (Å²) in [5, 5.41) is 7.78. The number of rotatable bonds is 5. The number of benzene rings is 2. The lowest BCUT2D eigenvalue weighted by Gasteiger charge is -2.09. The average Bonchev–Trinajstić information content (AvgIpc) is 3.39. The third-order valence-electron chi connectivity index (χ3n) is 4.67. The van der Waals surface area contributed by atoms with Gasteiger partial charge in [0.05, 0.1) is 16.8 Å². The molecule has 9 heteroatoms. The average molecular weight is 456 g/mol. The molecule has 2 aromatic carbocycles. The van der Waals surface area contributed by atoms with Crippen LogP contribution in [0.1, 0.15) is 16.1 Å². The quantitative estimate of drug-likeness (QED) is 0.468. The Morgan fingerprint density at radius 1 is 1.10 bits per heavy atom. The number of nitrogens with zero attached hydrogens (tertiary/aromatic N) is 2. The van der Waals surface area contributed by atoms with E-state index >= 15 is 0 Å². The van der Waals surface area contributed by atoms with Crippen molar-refractivity contribution in [3.8, 4) is 17.1 Å². The van der Waals surface area contributed by atoms with Crippen LogP contribution in [-0.4, -0.2) is 30.4 Å². The first kappa shape index (κ1) is 20.9. The van der Waals surface area contributed by atoms with Crippen molar-refractivity contribution in [1.29, 1.82) is 0 Å². The first-order valence-corrected chi connectivity index (χ1v) is 11.5. The second-order valence-electron chi connectivity index (χ2n) is 6.98. The minimum atomic E-state index is -3.41. The maximum absolute atomic E-state index is 13.0. The van der Waals surface area contributed by atoms with Gasteiger partial charge in [-0.25, -0.2) is 13.1 Å². The standard InChI is InChI=1S/C22H18ClN3O4S/c1-14-5-10-17(31(2,28)29)12-18(14)24-22(27)19-13-20(21-4-3-11-30-21)26(25-19)16-8-6-15(23)7-9-16/h3-13H,1-2H3,(H,24,27). The highest BCUT2D eigenvalue weighted by Crippen LogP contribution is 2.26. The topological polar surface area (TPSA) is 94.2 Å². The Balaban J connectivity index is 1.73. The zero-order valence-corrected chi connectivity index (χ0v) is 18.2. The lowest BCUT2D eigenvalue weighted by molar-refractivity contribution is 0.102. The number of aryl methyl sites for hydroxylation is 1. The molecule has 2 aromatic heterocycles. The number of aromatic nitrogens is 2. The van der Waals surface area contributed by atoms with Crippen molar-refractivity contribution >= 4 is 33.0 Å². The summed E-state index contributed by atoms with van der Waals surface area (Å²) >= 11 is 5.99. The summed E-state index contributed by atoms with van der Waals surface area (Å²) in [6, 6.07) is 16.7. The number of nitrogens with one attached hydrogen (secondary N) is 1. The predicted octanol–water partition coefficient (Wildman–Crippen LogP) is 4.75. The predicted molar refractivity (Wildman–Crippen MR) is 119 cm³/mol. The molecule has 0 radical (unpaired) electrons. The van der Waals surface area contributed by atoms with E-state index in [1.165, 1.54) is 18.4 Å². The van der Waals surface area contributed by atoms with E-state index in [1.807, 2.05) is 0 Å². The van der Waals surface area contributed by atoms with Crippen LogP contribution in [0.2, 0.25) is 5.02 Å². The fourth-order valence-corrected chi connectivity index (χ4v) is 3.80. The second kappa shape index (κ2) is 8.05. The fraction of sp³-hybridized carbons (Fsp3) is 0.0909. The van der Waals surface area contributed by atoms with Crippen LogP contribution >= 0.6 is 11.6 Å². The van der Waals surface area contributed by atoms with Crippen molar-refractivity contribution in [2.75, 3.05) is 11.6 Å². The van der Waals surface area contributed by atoms with Crippen LogP contribution in [0, 0.1) is 6.92 Å². The van der Waals surface area contributed by atoms with Gasteiger partial charge in [0.25, 0.3) is 5.91 Å². The molecule has 0 aliphatic heterocycles. The number of hydrogen-bond acceptors (Lipinski definition) is 5. The van der Waals surface area contributed by atoms with Crippen LogP contribution in [0.5, 0.6) is 0 Å². The Kier molecular flexibility index (Phi) is 5.43. The van der Waals surface area contributed by atoms with Crippen molar-refractivity contribution in [2.24, 2.45) is 0 Å². The largest absolute Gasteiger partial charge is 0.463 e. The third-order valence-corrected chi connectivity index (χ3v) is 6.03. The van der Waals surface area contributed by atoms with Gasteiger partial charge in [-0.15, -0.1) is 0 Å². The molecule has 0 spiro atoms. The smallest absolute Gasteiger partial charge is 0.276 e. The Morgan fingerprint density at radius 2 is 1.84 bits per heavy atom. The number of amides is 1. The van der Waals surface area contributed by atoms with Gasteiger partial charge in [-0.1, -0.05) is 17.7 Å². The van der Waals surface area contributed by atoms with Gasteiger partial charge < -0.3 is 9.73 Å². The molecule has 158 valence electrons. The van der Waals surface area contributed by atoms with Crippen LogP contribution in [-0.2, 0) is 9.84 Å². The molecule has 0 saturated heterocycles. The summed E-state index contributed by atoms with van der Waals surface area (Å²) in [4.78, 5) is 13.1. The Labute approximate surface area is 184 Å². The highest BCUT2D eigenvalue weighted by atomic mass is 35.5. The highest BCUT2D eigenvalue weighted by Gasteiger charge is 2.19. The number of carbonyl (C=O) groups excluding carboxylic acids is 1. The molecule has 1 N–H and O–H groups in total. The van der Waals surface area contributed by atoms with Crippen LogP contribution < -0.4 is 5.32 Å². The number of carbonyl (C=O) groups is 1. The highest BCUT2D eigenvalue weighted by molar-refractivity contribution is 7.90. The Morgan fingerprint density at radius 3 is 2.48 bits per heavy atom. The van der Waals surface area contributed by atoms with Gasteiger partial charge in [0.15, 0.2) is 21.3 Å². The van der Waals surface area contributed by atoms with Crippen LogP contribution in [0.4, 0.5) is 5.69 Å². The lowest BCUT2D eigenvalue weighted by atomic mass is 10.2. The molecular weight excluding hydrogens is 438 g/mol. The molecular formula is C22H18ClN3O4S. The minimum absolute atomic E-state index is 0.122. The fourth-order valence-electron chi connectivity index (χ4n) is 3.02. The van der Waals surface area contributed by atoms with Gasteiger partial charge in [-0.3, -0.25) is 4.79 Å². The SMILES string of the molecule is Cc1ccc(S(C)(=O)=O)cc1NC(=O)c1cc(-c2ccco2)n(-c2ccc(Cl)cc2)n1. The number of anilines is 1. The summed E-state index contributed by atoms with van der Waals surface area (Å²) < 4.78 is 30.8. The maximum atomic E-state index is 13.0. The van der Waals surface area contributed by atoms with E-state index in [4.69, 9.17) is 16.0 Å². The van der Waals surface area contributed by atoms with Gasteiger partial charge >= 0.3 is 0 Å². The van der Waals surface area contributed by atoms with E-state index in [0.717, 1.165) is 11.8 Å². The van der Waals surface area contributed by atoms with E-state index in [1.54, 1.807) is 60.1 Å². The monoisotopic (exact) mass is 455 g/mol. The van der Waals surface area contributed by atoms with E-state index in [9.17, 15) is 13.2 Å². The Hall–Kier alpha value is -3.36. The maximum Gasteiger partial charge on any atom is 0.276 e. The Bertz CT molecular complexity index is 1360. The molecule has 4 rings (SSSR count). The van der Waals surface area contributed by atoms with Gasteiger partial charge in [0.2, 0.25) is 0 Å².